The summed E-state index contributed by atoms with van der Waals surface area (Å²) in [7, 11) is 0. The van der Waals surface area contributed by atoms with Crippen LogP contribution in [0.15, 0.2) is 48.5 Å². The van der Waals surface area contributed by atoms with Crippen LogP contribution in [-0.4, -0.2) is 18.6 Å². The van der Waals surface area contributed by atoms with Gasteiger partial charge in [0.25, 0.3) is 5.91 Å². The van der Waals surface area contributed by atoms with Gasteiger partial charge in [-0.15, -0.1) is 0 Å². The largest absolute Gasteiger partial charge is 0.494 e. The second-order valence-electron chi connectivity index (χ2n) is 7.98. The van der Waals surface area contributed by atoms with Gasteiger partial charge in [0.15, 0.2) is 0 Å². The van der Waals surface area contributed by atoms with Crippen molar-refractivity contribution in [3.8, 4) is 11.5 Å². The van der Waals surface area contributed by atoms with E-state index < -0.39 is 0 Å². The van der Waals surface area contributed by atoms with Crippen molar-refractivity contribution >= 4 is 11.6 Å². The van der Waals surface area contributed by atoms with Crippen LogP contribution in [0.5, 0.6) is 11.5 Å². The van der Waals surface area contributed by atoms with E-state index >= 15 is 0 Å². The third-order valence-corrected chi connectivity index (χ3v) is 5.66. The molecule has 156 valence electrons. The van der Waals surface area contributed by atoms with Crippen molar-refractivity contribution in [2.75, 3.05) is 11.9 Å². The lowest BCUT2D eigenvalue weighted by molar-refractivity contribution is 0.102. The Bertz CT molecular complexity index is 749. The molecule has 0 spiro atoms. The lowest BCUT2D eigenvalue weighted by Gasteiger charge is -2.21. The van der Waals surface area contributed by atoms with Crippen LogP contribution in [-0.2, 0) is 0 Å². The summed E-state index contributed by atoms with van der Waals surface area (Å²) in [6.45, 7) is 4.88. The van der Waals surface area contributed by atoms with Gasteiger partial charge in [0.05, 0.1) is 12.7 Å². The number of rotatable bonds is 9. The summed E-state index contributed by atoms with van der Waals surface area (Å²) in [6, 6.07) is 14.8. The molecule has 3 rings (SSSR count). The molecule has 0 heterocycles. The van der Waals surface area contributed by atoms with Gasteiger partial charge < -0.3 is 14.8 Å². The normalized spacial score (nSPS) is 15.5. The van der Waals surface area contributed by atoms with Gasteiger partial charge in [0.1, 0.15) is 11.5 Å². The average molecular weight is 396 g/mol. The average Bonchev–Trinajstić information content (AvgIpc) is 2.76. The van der Waals surface area contributed by atoms with Crippen molar-refractivity contribution < 1.29 is 14.3 Å². The van der Waals surface area contributed by atoms with E-state index in [1.165, 1.54) is 32.1 Å². The van der Waals surface area contributed by atoms with E-state index in [0.717, 1.165) is 42.6 Å². The molecule has 2 aromatic rings. The van der Waals surface area contributed by atoms with E-state index in [-0.39, 0.29) is 12.0 Å². The minimum Gasteiger partial charge on any atom is -0.494 e. The zero-order chi connectivity index (χ0) is 20.5. The predicted octanol–water partition coefficient (Wildman–Crippen LogP) is 6.47. The van der Waals surface area contributed by atoms with E-state index in [4.69, 9.17) is 9.47 Å². The Morgan fingerprint density at radius 1 is 1.00 bits per heavy atom. The Morgan fingerprint density at radius 3 is 2.31 bits per heavy atom. The SMILES string of the molecule is CCC(C)Oc1ccc(C(=O)Nc2ccc(OCCC3CCCCC3)cc2)cc1. The van der Waals surface area contributed by atoms with Gasteiger partial charge in [-0.3, -0.25) is 4.79 Å². The molecule has 1 fully saturated rings. The van der Waals surface area contributed by atoms with E-state index in [1.807, 2.05) is 43.3 Å². The molecule has 1 atom stereocenters. The number of nitrogens with one attached hydrogen (secondary N) is 1. The summed E-state index contributed by atoms with van der Waals surface area (Å²) >= 11 is 0. The minimum atomic E-state index is -0.133. The van der Waals surface area contributed by atoms with Crippen LogP contribution < -0.4 is 14.8 Å². The monoisotopic (exact) mass is 395 g/mol. The van der Waals surface area contributed by atoms with E-state index in [1.54, 1.807) is 12.1 Å². The molecule has 1 amide bonds. The molecule has 4 nitrogen and oxygen atoms in total. The third-order valence-electron chi connectivity index (χ3n) is 5.66. The molecule has 1 saturated carbocycles. The molecule has 1 aliphatic rings. The van der Waals surface area contributed by atoms with Gasteiger partial charge in [0, 0.05) is 11.3 Å². The van der Waals surface area contributed by atoms with Crippen LogP contribution in [0, 0.1) is 5.92 Å². The van der Waals surface area contributed by atoms with Gasteiger partial charge in [0.2, 0.25) is 0 Å². The Balaban J connectivity index is 1.45. The van der Waals surface area contributed by atoms with Gasteiger partial charge in [-0.2, -0.15) is 0 Å². The third kappa shape index (κ3) is 6.81. The zero-order valence-corrected chi connectivity index (χ0v) is 17.7. The van der Waals surface area contributed by atoms with Gasteiger partial charge >= 0.3 is 0 Å². The highest BCUT2D eigenvalue weighted by Crippen LogP contribution is 2.26. The molecule has 0 bridgehead atoms. The molecule has 29 heavy (non-hydrogen) atoms. The Hall–Kier alpha value is -2.49. The first kappa shape index (κ1) is 21.2. The minimum absolute atomic E-state index is 0.133. The molecule has 4 heteroatoms. The topological polar surface area (TPSA) is 47.6 Å². The second kappa shape index (κ2) is 10.9. The highest BCUT2D eigenvalue weighted by molar-refractivity contribution is 6.04. The van der Waals surface area contributed by atoms with Gasteiger partial charge in [-0.25, -0.2) is 0 Å². The van der Waals surface area contributed by atoms with Crippen LogP contribution in [0.3, 0.4) is 0 Å². The first-order valence-corrected chi connectivity index (χ1v) is 10.9. The van der Waals surface area contributed by atoms with E-state index in [9.17, 15) is 4.79 Å². The first-order valence-electron chi connectivity index (χ1n) is 10.9. The molecule has 1 N–H and O–H groups in total. The van der Waals surface area contributed by atoms with Crippen LogP contribution in [0.25, 0.3) is 0 Å². The summed E-state index contributed by atoms with van der Waals surface area (Å²) in [6.07, 6.45) is 9.06. The van der Waals surface area contributed by atoms with E-state index in [0.29, 0.717) is 5.56 Å². The highest BCUT2D eigenvalue weighted by atomic mass is 16.5. The van der Waals surface area contributed by atoms with Crippen LogP contribution in [0.2, 0.25) is 0 Å². The van der Waals surface area contributed by atoms with Crippen molar-refractivity contribution in [1.82, 2.24) is 0 Å². The fourth-order valence-corrected chi connectivity index (χ4v) is 3.66. The number of benzene rings is 2. The number of anilines is 1. The lowest BCUT2D eigenvalue weighted by atomic mass is 9.87. The molecule has 0 aliphatic heterocycles. The number of carbonyl (C=O) groups is 1. The summed E-state index contributed by atoms with van der Waals surface area (Å²) < 4.78 is 11.6. The maximum atomic E-state index is 12.5. The standard InChI is InChI=1S/C25H33NO3/c1-3-19(2)29-24-13-9-21(10-14-24)25(27)26-22-11-15-23(16-12-22)28-18-17-20-7-5-4-6-8-20/h9-16,19-20H,3-8,17-18H2,1-2H3,(H,26,27). The second-order valence-corrected chi connectivity index (χ2v) is 7.98. The van der Waals surface area contributed by atoms with Crippen LogP contribution in [0.1, 0.15) is 69.2 Å². The Labute approximate surface area is 174 Å². The van der Waals surface area contributed by atoms with Crippen LogP contribution >= 0.6 is 0 Å². The maximum Gasteiger partial charge on any atom is 0.255 e. The summed E-state index contributed by atoms with van der Waals surface area (Å²) in [5.74, 6) is 2.33. The molecule has 0 saturated heterocycles. The number of hydrogen-bond donors (Lipinski definition) is 1. The van der Waals surface area contributed by atoms with Gasteiger partial charge in [-0.05, 0) is 74.2 Å². The van der Waals surface area contributed by atoms with Crippen molar-refractivity contribution in [2.45, 2.75) is 64.9 Å². The quantitative estimate of drug-likeness (QED) is 0.529. The van der Waals surface area contributed by atoms with Crippen molar-refractivity contribution in [2.24, 2.45) is 5.92 Å². The molecule has 2 aromatic carbocycles. The number of carbonyl (C=O) groups excluding carboxylic acids is 1. The van der Waals surface area contributed by atoms with Crippen molar-refractivity contribution in [3.05, 3.63) is 54.1 Å². The van der Waals surface area contributed by atoms with Crippen LogP contribution in [0.4, 0.5) is 5.69 Å². The fourth-order valence-electron chi connectivity index (χ4n) is 3.66. The highest BCUT2D eigenvalue weighted by Gasteiger charge is 2.13. The summed E-state index contributed by atoms with van der Waals surface area (Å²) in [4.78, 5) is 12.5. The lowest BCUT2D eigenvalue weighted by Crippen LogP contribution is -2.13. The molecular formula is C25H33NO3. The zero-order valence-electron chi connectivity index (χ0n) is 17.7. The van der Waals surface area contributed by atoms with Crippen molar-refractivity contribution in [3.63, 3.8) is 0 Å². The summed E-state index contributed by atoms with van der Waals surface area (Å²) in [5, 5.41) is 2.93. The van der Waals surface area contributed by atoms with Crippen molar-refractivity contribution in [1.29, 1.82) is 0 Å². The molecule has 1 unspecified atom stereocenters. The molecule has 1 aliphatic carbocycles. The van der Waals surface area contributed by atoms with E-state index in [2.05, 4.69) is 12.2 Å². The summed E-state index contributed by atoms with van der Waals surface area (Å²) in [5.41, 5.74) is 1.36. The molecule has 0 aromatic heterocycles. The number of ether oxygens (including phenoxy) is 2. The predicted molar refractivity (Wildman–Crippen MR) is 118 cm³/mol. The fraction of sp³-hybridized carbons (Fsp3) is 0.480. The van der Waals surface area contributed by atoms with Gasteiger partial charge in [-0.1, -0.05) is 39.0 Å². The Kier molecular flexibility index (Phi) is 7.97. The number of hydrogen-bond acceptors (Lipinski definition) is 3. The molecular weight excluding hydrogens is 362 g/mol. The Morgan fingerprint density at radius 2 is 1.66 bits per heavy atom. The molecule has 0 radical (unpaired) electrons. The smallest absolute Gasteiger partial charge is 0.255 e. The maximum absolute atomic E-state index is 12.5. The number of amides is 1. The first-order chi connectivity index (χ1) is 14.1.